The van der Waals surface area contributed by atoms with Gasteiger partial charge in [-0.1, -0.05) is 12.2 Å². The van der Waals surface area contributed by atoms with E-state index in [0.717, 1.165) is 0 Å². The molecule has 1 aromatic rings. The third-order valence-corrected chi connectivity index (χ3v) is 1.94. The molecule has 5 heteroatoms. The molecule has 15 heavy (non-hydrogen) atoms. The minimum atomic E-state index is -0.00696. The number of thiocarbonyl (C=S) groups is 1. The monoisotopic (exact) mass is 226 g/mol. The lowest BCUT2D eigenvalue weighted by Gasteiger charge is -2.13. The van der Waals surface area contributed by atoms with E-state index in [0.29, 0.717) is 18.1 Å². The summed E-state index contributed by atoms with van der Waals surface area (Å²) >= 11 is 4.79. The van der Waals surface area contributed by atoms with Gasteiger partial charge in [0.25, 0.3) is 0 Å². The SMILES string of the molecule is COCC(C)Oc1ccc(C(N)=S)nc1. The summed E-state index contributed by atoms with van der Waals surface area (Å²) in [6, 6.07) is 3.52. The van der Waals surface area contributed by atoms with Gasteiger partial charge in [-0.25, -0.2) is 4.98 Å². The summed E-state index contributed by atoms with van der Waals surface area (Å²) in [5.41, 5.74) is 6.02. The van der Waals surface area contributed by atoms with E-state index in [1.807, 2.05) is 6.92 Å². The Labute approximate surface area is 94.4 Å². The van der Waals surface area contributed by atoms with Crippen molar-refractivity contribution >= 4 is 17.2 Å². The number of rotatable bonds is 5. The maximum Gasteiger partial charge on any atom is 0.138 e. The summed E-state index contributed by atoms with van der Waals surface area (Å²) in [7, 11) is 1.63. The molecule has 2 N–H and O–H groups in total. The number of nitrogens with zero attached hydrogens (tertiary/aromatic N) is 1. The fraction of sp³-hybridized carbons (Fsp3) is 0.400. The van der Waals surface area contributed by atoms with Crippen molar-refractivity contribution in [3.63, 3.8) is 0 Å². The van der Waals surface area contributed by atoms with Gasteiger partial charge in [-0.3, -0.25) is 0 Å². The van der Waals surface area contributed by atoms with Crippen molar-refractivity contribution < 1.29 is 9.47 Å². The number of hydrogen-bond acceptors (Lipinski definition) is 4. The lowest BCUT2D eigenvalue weighted by molar-refractivity contribution is 0.0918. The third-order valence-electron chi connectivity index (χ3n) is 1.73. The molecular weight excluding hydrogens is 212 g/mol. The van der Waals surface area contributed by atoms with Gasteiger partial charge in [0.1, 0.15) is 16.8 Å². The second-order valence-electron chi connectivity index (χ2n) is 3.13. The minimum Gasteiger partial charge on any atom is -0.487 e. The van der Waals surface area contributed by atoms with Gasteiger partial charge in [-0.2, -0.15) is 0 Å². The van der Waals surface area contributed by atoms with Gasteiger partial charge in [0.2, 0.25) is 0 Å². The van der Waals surface area contributed by atoms with Crippen LogP contribution in [0.5, 0.6) is 5.75 Å². The van der Waals surface area contributed by atoms with Crippen LogP contribution in [0, 0.1) is 0 Å². The van der Waals surface area contributed by atoms with E-state index in [1.165, 1.54) is 0 Å². The van der Waals surface area contributed by atoms with E-state index < -0.39 is 0 Å². The number of methoxy groups -OCH3 is 1. The van der Waals surface area contributed by atoms with Crippen LogP contribution >= 0.6 is 12.2 Å². The lowest BCUT2D eigenvalue weighted by atomic mass is 10.3. The number of pyridine rings is 1. The standard InChI is InChI=1S/C10H14N2O2S/c1-7(6-13-2)14-8-3-4-9(10(11)15)12-5-8/h3-5,7H,6H2,1-2H3,(H2,11,15). The van der Waals surface area contributed by atoms with Crippen LogP contribution < -0.4 is 10.5 Å². The minimum absolute atomic E-state index is 0.00696. The molecule has 0 aliphatic rings. The Morgan fingerprint density at radius 3 is 2.80 bits per heavy atom. The molecule has 0 bridgehead atoms. The molecule has 1 heterocycles. The highest BCUT2D eigenvalue weighted by Gasteiger charge is 2.04. The fourth-order valence-electron chi connectivity index (χ4n) is 1.10. The first kappa shape index (κ1) is 11.9. The van der Waals surface area contributed by atoms with E-state index >= 15 is 0 Å². The highest BCUT2D eigenvalue weighted by Crippen LogP contribution is 2.11. The van der Waals surface area contributed by atoms with E-state index in [2.05, 4.69) is 4.98 Å². The Balaban J connectivity index is 2.60. The third kappa shape index (κ3) is 3.81. The van der Waals surface area contributed by atoms with E-state index in [9.17, 15) is 0 Å². The Hall–Kier alpha value is -1.20. The first-order valence-electron chi connectivity index (χ1n) is 4.55. The van der Waals surface area contributed by atoms with Crippen LogP contribution in [0.3, 0.4) is 0 Å². The smallest absolute Gasteiger partial charge is 0.138 e. The predicted molar refractivity (Wildman–Crippen MR) is 62.1 cm³/mol. The molecule has 0 fully saturated rings. The van der Waals surface area contributed by atoms with Crippen molar-refractivity contribution in [1.82, 2.24) is 4.98 Å². The highest BCUT2D eigenvalue weighted by atomic mass is 32.1. The topological polar surface area (TPSA) is 57.4 Å². The molecule has 0 saturated carbocycles. The highest BCUT2D eigenvalue weighted by molar-refractivity contribution is 7.80. The van der Waals surface area contributed by atoms with Crippen molar-refractivity contribution in [2.45, 2.75) is 13.0 Å². The summed E-state index contributed by atoms with van der Waals surface area (Å²) in [5, 5.41) is 0. The van der Waals surface area contributed by atoms with Crippen molar-refractivity contribution in [3.05, 3.63) is 24.0 Å². The van der Waals surface area contributed by atoms with Crippen LogP contribution in [0.1, 0.15) is 12.6 Å². The molecule has 0 aliphatic carbocycles. The molecule has 0 radical (unpaired) electrons. The molecule has 0 aromatic carbocycles. The molecular formula is C10H14N2O2S. The number of ether oxygens (including phenoxy) is 2. The van der Waals surface area contributed by atoms with E-state index in [-0.39, 0.29) is 11.1 Å². The van der Waals surface area contributed by atoms with Crippen LogP contribution in [-0.4, -0.2) is 29.8 Å². The average molecular weight is 226 g/mol. The summed E-state index contributed by atoms with van der Waals surface area (Å²) in [6.07, 6.45) is 1.59. The van der Waals surface area contributed by atoms with Crippen LogP contribution in [0.25, 0.3) is 0 Å². The Morgan fingerprint density at radius 1 is 1.60 bits per heavy atom. The molecule has 1 rings (SSSR count). The fourth-order valence-corrected chi connectivity index (χ4v) is 1.22. The molecule has 82 valence electrons. The molecule has 4 nitrogen and oxygen atoms in total. The van der Waals surface area contributed by atoms with Crippen LogP contribution in [0.15, 0.2) is 18.3 Å². The van der Waals surface area contributed by atoms with Crippen molar-refractivity contribution in [2.75, 3.05) is 13.7 Å². The molecule has 0 amide bonds. The second kappa shape index (κ2) is 5.63. The van der Waals surface area contributed by atoms with Gasteiger partial charge in [0, 0.05) is 7.11 Å². The molecule has 0 saturated heterocycles. The van der Waals surface area contributed by atoms with E-state index in [4.69, 9.17) is 27.4 Å². The molecule has 1 unspecified atom stereocenters. The number of nitrogens with two attached hydrogens (primary N) is 1. The first-order valence-corrected chi connectivity index (χ1v) is 4.95. The van der Waals surface area contributed by atoms with Crippen LogP contribution in [0.4, 0.5) is 0 Å². The number of aromatic nitrogens is 1. The zero-order valence-electron chi connectivity index (χ0n) is 8.77. The van der Waals surface area contributed by atoms with Crippen LogP contribution in [0.2, 0.25) is 0 Å². The van der Waals surface area contributed by atoms with Gasteiger partial charge in [-0.05, 0) is 19.1 Å². The average Bonchev–Trinajstić information content (AvgIpc) is 2.18. The zero-order valence-corrected chi connectivity index (χ0v) is 9.58. The van der Waals surface area contributed by atoms with Crippen molar-refractivity contribution in [1.29, 1.82) is 0 Å². The maximum absolute atomic E-state index is 5.52. The van der Waals surface area contributed by atoms with Gasteiger partial charge >= 0.3 is 0 Å². The van der Waals surface area contributed by atoms with Gasteiger partial charge in [0.15, 0.2) is 0 Å². The first-order chi connectivity index (χ1) is 7.13. The molecule has 0 aliphatic heterocycles. The summed E-state index contributed by atoms with van der Waals surface area (Å²) in [4.78, 5) is 4.34. The summed E-state index contributed by atoms with van der Waals surface area (Å²) < 4.78 is 10.5. The molecule has 1 atom stereocenters. The number of hydrogen-bond donors (Lipinski definition) is 1. The molecule has 1 aromatic heterocycles. The van der Waals surface area contributed by atoms with Gasteiger partial charge < -0.3 is 15.2 Å². The molecule has 0 spiro atoms. The van der Waals surface area contributed by atoms with Crippen LogP contribution in [-0.2, 0) is 4.74 Å². The van der Waals surface area contributed by atoms with Crippen molar-refractivity contribution in [2.24, 2.45) is 5.73 Å². The Morgan fingerprint density at radius 2 is 2.33 bits per heavy atom. The lowest BCUT2D eigenvalue weighted by Crippen LogP contribution is -2.18. The quantitative estimate of drug-likeness (QED) is 0.763. The largest absolute Gasteiger partial charge is 0.487 e. The second-order valence-corrected chi connectivity index (χ2v) is 3.57. The predicted octanol–water partition coefficient (Wildman–Crippen LogP) is 1.13. The Bertz CT molecular complexity index is 327. The van der Waals surface area contributed by atoms with Crippen molar-refractivity contribution in [3.8, 4) is 5.75 Å². The normalized spacial score (nSPS) is 12.1. The summed E-state index contributed by atoms with van der Waals surface area (Å²) in [6.45, 7) is 2.46. The van der Waals surface area contributed by atoms with Gasteiger partial charge in [-0.15, -0.1) is 0 Å². The van der Waals surface area contributed by atoms with Gasteiger partial charge in [0.05, 0.1) is 18.5 Å². The maximum atomic E-state index is 5.52. The van der Waals surface area contributed by atoms with E-state index in [1.54, 1.807) is 25.4 Å². The zero-order chi connectivity index (χ0) is 11.3. The Kier molecular flexibility index (Phi) is 4.45. The summed E-state index contributed by atoms with van der Waals surface area (Å²) in [5.74, 6) is 0.680.